The number of rotatable bonds is 7. The van der Waals surface area contributed by atoms with Gasteiger partial charge in [-0.2, -0.15) is 0 Å². The smallest absolute Gasteiger partial charge is 0.252 e. The molecular weight excluding hydrogens is 535 g/mol. The number of imidazole rings is 2. The van der Waals surface area contributed by atoms with Crippen molar-refractivity contribution in [1.29, 1.82) is 0 Å². The molecule has 12 heteroatoms. The van der Waals surface area contributed by atoms with Gasteiger partial charge in [0.25, 0.3) is 5.91 Å². The molecule has 9 nitrogen and oxygen atoms in total. The third-order valence-corrected chi connectivity index (χ3v) is 6.46. The molecule has 0 fully saturated rings. The van der Waals surface area contributed by atoms with Gasteiger partial charge in [-0.05, 0) is 47.3 Å². The number of carbonyl (C=O) groups is 2. The van der Waals surface area contributed by atoms with Crippen molar-refractivity contribution in [2.75, 3.05) is 5.32 Å². The van der Waals surface area contributed by atoms with Crippen LogP contribution in [0.25, 0.3) is 33.3 Å². The Balaban J connectivity index is 1.26. The van der Waals surface area contributed by atoms with Crippen molar-refractivity contribution in [3.05, 3.63) is 108 Å². The summed E-state index contributed by atoms with van der Waals surface area (Å²) >= 11 is 0. The van der Waals surface area contributed by atoms with Gasteiger partial charge >= 0.3 is 0 Å². The molecule has 0 aliphatic rings. The summed E-state index contributed by atoms with van der Waals surface area (Å²) in [5.41, 5.74) is 1.93. The van der Waals surface area contributed by atoms with Crippen molar-refractivity contribution in [3.8, 4) is 11.5 Å². The van der Waals surface area contributed by atoms with Crippen LogP contribution in [0, 0.1) is 17.5 Å². The molecule has 3 aromatic heterocycles. The predicted octanol–water partition coefficient (Wildman–Crippen LogP) is 4.90. The number of nitrogens with zero attached hydrogens (tertiary/aromatic N) is 3. The zero-order valence-corrected chi connectivity index (χ0v) is 21.1. The first kappa shape index (κ1) is 25.7. The fourth-order valence-corrected chi connectivity index (χ4v) is 4.43. The molecule has 0 spiro atoms. The van der Waals surface area contributed by atoms with E-state index in [0.29, 0.717) is 22.6 Å². The van der Waals surface area contributed by atoms with Crippen LogP contribution in [-0.2, 0) is 11.2 Å². The number of H-pyrrole nitrogens is 2. The summed E-state index contributed by atoms with van der Waals surface area (Å²) < 4.78 is 41.2. The van der Waals surface area contributed by atoms with Crippen LogP contribution in [0.4, 0.5) is 19.1 Å². The van der Waals surface area contributed by atoms with Gasteiger partial charge in [0.1, 0.15) is 11.7 Å². The molecular formula is C29H20F3N7O2. The summed E-state index contributed by atoms with van der Waals surface area (Å²) in [6.07, 6.45) is 4.32. The quantitative estimate of drug-likeness (QED) is 0.208. The van der Waals surface area contributed by atoms with E-state index in [1.807, 2.05) is 30.3 Å². The van der Waals surface area contributed by atoms with Crippen molar-refractivity contribution >= 4 is 39.6 Å². The average molecular weight is 556 g/mol. The number of anilines is 1. The van der Waals surface area contributed by atoms with Gasteiger partial charge in [0.15, 0.2) is 23.3 Å². The number of hydrogen-bond donors (Lipinski definition) is 4. The van der Waals surface area contributed by atoms with Gasteiger partial charge in [0, 0.05) is 36.0 Å². The number of pyridine rings is 1. The fourth-order valence-electron chi connectivity index (χ4n) is 4.43. The SMILES string of the molecule is O=C(N[C@@H](Cc1cc(F)c(F)c(F)c1)C(=O)Nc1ncc[nH]1)c1ccc2[nH]c(-c3cc4ccccc4cn3)nc2c1. The summed E-state index contributed by atoms with van der Waals surface area (Å²) in [6, 6.07) is 14.7. The Kier molecular flexibility index (Phi) is 6.63. The maximum absolute atomic E-state index is 13.8. The van der Waals surface area contributed by atoms with Crippen molar-refractivity contribution in [2.24, 2.45) is 0 Å². The van der Waals surface area contributed by atoms with Gasteiger partial charge < -0.3 is 15.3 Å². The molecule has 0 aliphatic heterocycles. The van der Waals surface area contributed by atoms with Gasteiger partial charge in [0.05, 0.1) is 11.0 Å². The van der Waals surface area contributed by atoms with Crippen LogP contribution in [0.2, 0.25) is 0 Å². The topological polar surface area (TPSA) is 128 Å². The number of hydrogen-bond acceptors (Lipinski definition) is 5. The van der Waals surface area contributed by atoms with E-state index in [0.717, 1.165) is 22.9 Å². The minimum absolute atomic E-state index is 0.0309. The lowest BCUT2D eigenvalue weighted by molar-refractivity contribution is -0.118. The standard InChI is InChI=1S/C29H20F3N7O2/c30-19-9-15(10-20(31)25(19)32)11-24(28(41)39-29-33-7-8-34-29)38-27(40)17-5-6-21-22(13-17)37-26(36-21)23-12-16-3-1-2-4-18(16)14-35-23/h1-10,12-14,24H,11H2,(H,36,37)(H,38,40)(H2,33,34,39,41)/t24-/m0/s1. The summed E-state index contributed by atoms with van der Waals surface area (Å²) in [7, 11) is 0. The molecule has 0 aliphatic carbocycles. The van der Waals surface area contributed by atoms with E-state index < -0.39 is 35.3 Å². The third-order valence-electron chi connectivity index (χ3n) is 6.46. The van der Waals surface area contributed by atoms with Gasteiger partial charge in [-0.3, -0.25) is 19.9 Å². The molecule has 0 bridgehead atoms. The summed E-state index contributed by atoms with van der Waals surface area (Å²) in [5.74, 6) is -5.15. The monoisotopic (exact) mass is 555 g/mol. The number of halogens is 3. The zero-order chi connectivity index (χ0) is 28.5. The molecule has 6 aromatic rings. The van der Waals surface area contributed by atoms with Crippen LogP contribution < -0.4 is 10.6 Å². The van der Waals surface area contributed by atoms with Gasteiger partial charge in [-0.25, -0.2) is 23.1 Å². The molecule has 0 radical (unpaired) electrons. The first-order chi connectivity index (χ1) is 19.8. The first-order valence-corrected chi connectivity index (χ1v) is 12.4. The first-order valence-electron chi connectivity index (χ1n) is 12.4. The Bertz CT molecular complexity index is 1900. The number of fused-ring (bicyclic) bond motifs is 2. The highest BCUT2D eigenvalue weighted by Gasteiger charge is 2.24. The molecule has 4 N–H and O–H groups in total. The van der Waals surface area contributed by atoms with E-state index in [4.69, 9.17) is 0 Å². The van der Waals surface area contributed by atoms with Crippen molar-refractivity contribution in [2.45, 2.75) is 12.5 Å². The van der Waals surface area contributed by atoms with Crippen molar-refractivity contribution < 1.29 is 22.8 Å². The molecule has 0 unspecified atom stereocenters. The van der Waals surface area contributed by atoms with Crippen LogP contribution in [0.3, 0.4) is 0 Å². The van der Waals surface area contributed by atoms with E-state index in [1.54, 1.807) is 24.4 Å². The zero-order valence-electron chi connectivity index (χ0n) is 21.1. The largest absolute Gasteiger partial charge is 0.340 e. The second-order valence-corrected chi connectivity index (χ2v) is 9.26. The Morgan fingerprint density at radius 2 is 1.71 bits per heavy atom. The number of amides is 2. The number of carbonyl (C=O) groups excluding carboxylic acids is 2. The van der Waals surface area contributed by atoms with Gasteiger partial charge in [-0.1, -0.05) is 24.3 Å². The van der Waals surface area contributed by atoms with E-state index in [9.17, 15) is 22.8 Å². The van der Waals surface area contributed by atoms with E-state index in [1.165, 1.54) is 12.4 Å². The van der Waals surface area contributed by atoms with Crippen LogP contribution >= 0.6 is 0 Å². The Morgan fingerprint density at radius 3 is 2.46 bits per heavy atom. The molecule has 3 aromatic carbocycles. The average Bonchev–Trinajstić information content (AvgIpc) is 3.64. The fraction of sp³-hybridized carbons (Fsp3) is 0.0690. The van der Waals surface area contributed by atoms with Crippen LogP contribution in [-0.4, -0.2) is 42.8 Å². The molecule has 1 atom stereocenters. The van der Waals surface area contributed by atoms with Gasteiger partial charge in [0.2, 0.25) is 11.9 Å². The lowest BCUT2D eigenvalue weighted by Gasteiger charge is -2.18. The maximum Gasteiger partial charge on any atom is 0.252 e. The van der Waals surface area contributed by atoms with E-state index in [-0.39, 0.29) is 23.5 Å². The number of benzene rings is 3. The summed E-state index contributed by atoms with van der Waals surface area (Å²) in [5, 5.41) is 7.07. The lowest BCUT2D eigenvalue weighted by Crippen LogP contribution is -2.45. The number of nitrogens with one attached hydrogen (secondary N) is 4. The summed E-state index contributed by atoms with van der Waals surface area (Å²) in [6.45, 7) is 0. The Hall–Kier alpha value is -5.52. The summed E-state index contributed by atoms with van der Waals surface area (Å²) in [4.78, 5) is 45.1. The lowest BCUT2D eigenvalue weighted by atomic mass is 10.0. The predicted molar refractivity (Wildman–Crippen MR) is 145 cm³/mol. The molecule has 6 rings (SSSR count). The molecule has 3 heterocycles. The highest BCUT2D eigenvalue weighted by Crippen LogP contribution is 2.23. The highest BCUT2D eigenvalue weighted by atomic mass is 19.2. The van der Waals surface area contributed by atoms with E-state index in [2.05, 4.69) is 35.6 Å². The van der Waals surface area contributed by atoms with Crippen molar-refractivity contribution in [1.82, 2.24) is 30.2 Å². The minimum Gasteiger partial charge on any atom is -0.340 e. The highest BCUT2D eigenvalue weighted by molar-refractivity contribution is 6.02. The third kappa shape index (κ3) is 5.35. The van der Waals surface area contributed by atoms with Crippen molar-refractivity contribution in [3.63, 3.8) is 0 Å². The minimum atomic E-state index is -1.63. The molecule has 0 saturated carbocycles. The second-order valence-electron chi connectivity index (χ2n) is 9.26. The van der Waals surface area contributed by atoms with E-state index >= 15 is 0 Å². The molecule has 2 amide bonds. The normalized spacial score (nSPS) is 12.0. The number of aromatic amines is 2. The second kappa shape index (κ2) is 10.6. The van der Waals surface area contributed by atoms with Crippen LogP contribution in [0.5, 0.6) is 0 Å². The molecule has 41 heavy (non-hydrogen) atoms. The Labute approximate surface area is 229 Å². The Morgan fingerprint density at radius 1 is 0.927 bits per heavy atom. The van der Waals surface area contributed by atoms with Crippen LogP contribution in [0.15, 0.2) is 79.3 Å². The molecule has 204 valence electrons. The number of aromatic nitrogens is 5. The maximum atomic E-state index is 13.8. The van der Waals surface area contributed by atoms with Gasteiger partial charge in [-0.15, -0.1) is 0 Å². The molecule has 0 saturated heterocycles. The van der Waals surface area contributed by atoms with Crippen LogP contribution in [0.1, 0.15) is 15.9 Å².